The fourth-order valence-corrected chi connectivity index (χ4v) is 3.07. The number of nitrogens with one attached hydrogen (secondary N) is 1. The van der Waals surface area contributed by atoms with Crippen LogP contribution in [0.4, 0.5) is 0 Å². The maximum absolute atomic E-state index is 12.4. The molecule has 1 amide bonds. The van der Waals surface area contributed by atoms with E-state index < -0.39 is 11.1 Å². The highest BCUT2D eigenvalue weighted by Crippen LogP contribution is 2.26. The zero-order valence-corrected chi connectivity index (χ0v) is 14.3. The van der Waals surface area contributed by atoms with Gasteiger partial charge in [0.05, 0.1) is 16.0 Å². The first-order chi connectivity index (χ1) is 9.12. The van der Waals surface area contributed by atoms with Crippen LogP contribution in [0.5, 0.6) is 0 Å². The van der Waals surface area contributed by atoms with E-state index in [9.17, 15) is 9.90 Å². The number of rotatable bonds is 6. The number of carbonyl (C=O) groups excluding carboxylic acids is 1. The van der Waals surface area contributed by atoms with Gasteiger partial charge in [-0.2, -0.15) is 0 Å². The molecule has 0 saturated carbocycles. The summed E-state index contributed by atoms with van der Waals surface area (Å²) in [6.07, 6.45) is 3.06. The molecule has 2 N–H and O–H groups in total. The molecule has 0 saturated heterocycles. The van der Waals surface area contributed by atoms with Gasteiger partial charge < -0.3 is 10.4 Å². The Hall–Kier alpha value is -0.870. The predicted octanol–water partition coefficient (Wildman–Crippen LogP) is 3.54. The van der Waals surface area contributed by atoms with Crippen LogP contribution in [0.3, 0.4) is 0 Å². The third kappa shape index (κ3) is 3.83. The maximum atomic E-state index is 12.4. The molecule has 1 aromatic heterocycles. The number of hydrogen-bond acceptors (Lipinski definition) is 3. The highest BCUT2D eigenvalue weighted by molar-refractivity contribution is 7.14. The first-order valence-corrected chi connectivity index (χ1v) is 8.10. The van der Waals surface area contributed by atoms with Crippen molar-refractivity contribution >= 4 is 17.2 Å². The molecule has 0 aliphatic carbocycles. The molecule has 0 aliphatic rings. The molecule has 0 radical (unpaired) electrons. The van der Waals surface area contributed by atoms with E-state index in [1.807, 2.05) is 19.9 Å². The molecule has 0 atom stereocenters. The average molecular weight is 297 g/mol. The van der Waals surface area contributed by atoms with Crippen molar-refractivity contribution in [2.45, 2.75) is 71.9 Å². The second kappa shape index (κ2) is 6.27. The second-order valence-corrected chi connectivity index (χ2v) is 7.44. The van der Waals surface area contributed by atoms with E-state index in [1.54, 1.807) is 25.2 Å². The smallest absolute Gasteiger partial charge is 0.261 e. The summed E-state index contributed by atoms with van der Waals surface area (Å²) in [5.74, 6) is -0.0980. The Balaban J connectivity index is 2.93. The molecule has 3 nitrogen and oxygen atoms in total. The molecule has 4 heteroatoms. The monoisotopic (exact) mass is 297 g/mol. The Morgan fingerprint density at radius 1 is 1.30 bits per heavy atom. The SMILES string of the molecule is CCCc1sc(C(=O)NC(C)(C)C(C)(C)O)cc1CC. The Kier molecular flexibility index (Phi) is 5.39. The number of aliphatic hydroxyl groups is 1. The zero-order chi connectivity index (χ0) is 15.6. The van der Waals surface area contributed by atoms with Crippen LogP contribution in [-0.4, -0.2) is 22.2 Å². The Bertz CT molecular complexity index is 469. The van der Waals surface area contributed by atoms with Crippen LogP contribution in [0.15, 0.2) is 6.07 Å². The van der Waals surface area contributed by atoms with Gasteiger partial charge in [0, 0.05) is 4.88 Å². The highest BCUT2D eigenvalue weighted by atomic mass is 32.1. The minimum absolute atomic E-state index is 0.0980. The van der Waals surface area contributed by atoms with Crippen molar-refractivity contribution in [3.63, 3.8) is 0 Å². The van der Waals surface area contributed by atoms with E-state index in [-0.39, 0.29) is 5.91 Å². The molecular weight excluding hydrogens is 270 g/mol. The van der Waals surface area contributed by atoms with Gasteiger partial charge in [0.25, 0.3) is 5.91 Å². The molecule has 0 aromatic carbocycles. The lowest BCUT2D eigenvalue weighted by molar-refractivity contribution is -0.00284. The van der Waals surface area contributed by atoms with Crippen molar-refractivity contribution in [3.05, 3.63) is 21.4 Å². The lowest BCUT2D eigenvalue weighted by atomic mass is 9.86. The molecule has 0 fully saturated rings. The standard InChI is InChI=1S/C16H27NO2S/c1-7-9-12-11(8-2)10-13(20-12)14(18)17-15(3,4)16(5,6)19/h10,19H,7-9H2,1-6H3,(H,17,18). The fraction of sp³-hybridized carbons (Fsp3) is 0.688. The summed E-state index contributed by atoms with van der Waals surface area (Å²) in [6.45, 7) is 11.4. The zero-order valence-electron chi connectivity index (χ0n) is 13.5. The fourth-order valence-electron chi connectivity index (χ4n) is 1.81. The molecule has 0 spiro atoms. The van der Waals surface area contributed by atoms with E-state index >= 15 is 0 Å². The van der Waals surface area contributed by atoms with Crippen molar-refractivity contribution in [1.82, 2.24) is 5.32 Å². The topological polar surface area (TPSA) is 49.3 Å². The molecule has 1 heterocycles. The normalized spacial score (nSPS) is 12.6. The van der Waals surface area contributed by atoms with Crippen LogP contribution < -0.4 is 5.32 Å². The summed E-state index contributed by atoms with van der Waals surface area (Å²) in [5, 5.41) is 13.1. The lowest BCUT2D eigenvalue weighted by Crippen LogP contribution is -2.57. The van der Waals surface area contributed by atoms with Crippen LogP contribution in [0.25, 0.3) is 0 Å². The summed E-state index contributed by atoms with van der Waals surface area (Å²) in [5.41, 5.74) is -0.381. The van der Waals surface area contributed by atoms with E-state index in [0.717, 1.165) is 24.1 Å². The second-order valence-electron chi connectivity index (χ2n) is 6.30. The molecule has 1 aromatic rings. The molecule has 20 heavy (non-hydrogen) atoms. The van der Waals surface area contributed by atoms with Gasteiger partial charge in [-0.15, -0.1) is 11.3 Å². The number of aryl methyl sites for hydroxylation is 2. The van der Waals surface area contributed by atoms with Gasteiger partial charge >= 0.3 is 0 Å². The van der Waals surface area contributed by atoms with Gasteiger partial charge in [0.1, 0.15) is 0 Å². The Morgan fingerprint density at radius 3 is 2.35 bits per heavy atom. The van der Waals surface area contributed by atoms with Crippen LogP contribution in [0.1, 0.15) is 68.1 Å². The largest absolute Gasteiger partial charge is 0.388 e. The van der Waals surface area contributed by atoms with Crippen molar-refractivity contribution in [1.29, 1.82) is 0 Å². The summed E-state index contributed by atoms with van der Waals surface area (Å²) < 4.78 is 0. The summed E-state index contributed by atoms with van der Waals surface area (Å²) >= 11 is 1.57. The van der Waals surface area contributed by atoms with Crippen molar-refractivity contribution in [2.24, 2.45) is 0 Å². The maximum Gasteiger partial charge on any atom is 0.261 e. The van der Waals surface area contributed by atoms with Gasteiger partial charge in [-0.25, -0.2) is 0 Å². The minimum Gasteiger partial charge on any atom is -0.388 e. The molecule has 1 rings (SSSR count). The highest BCUT2D eigenvalue weighted by Gasteiger charge is 2.36. The number of hydrogen-bond donors (Lipinski definition) is 2. The lowest BCUT2D eigenvalue weighted by Gasteiger charge is -2.37. The van der Waals surface area contributed by atoms with Gasteiger partial charge in [0.15, 0.2) is 0 Å². The quantitative estimate of drug-likeness (QED) is 0.843. The van der Waals surface area contributed by atoms with E-state index in [1.165, 1.54) is 10.4 Å². The Morgan fingerprint density at radius 2 is 1.90 bits per heavy atom. The number of thiophene rings is 1. The van der Waals surface area contributed by atoms with Crippen LogP contribution in [0, 0.1) is 0 Å². The minimum atomic E-state index is -0.972. The van der Waals surface area contributed by atoms with Crippen molar-refractivity contribution < 1.29 is 9.90 Å². The Labute approximate surface area is 126 Å². The van der Waals surface area contributed by atoms with E-state index in [4.69, 9.17) is 0 Å². The van der Waals surface area contributed by atoms with Gasteiger partial charge in [-0.05, 0) is 52.2 Å². The molecule has 0 unspecified atom stereocenters. The van der Waals surface area contributed by atoms with Gasteiger partial charge in [-0.1, -0.05) is 20.3 Å². The van der Waals surface area contributed by atoms with Gasteiger partial charge in [-0.3, -0.25) is 4.79 Å². The van der Waals surface area contributed by atoms with Gasteiger partial charge in [0.2, 0.25) is 0 Å². The summed E-state index contributed by atoms with van der Waals surface area (Å²) in [7, 11) is 0. The summed E-state index contributed by atoms with van der Waals surface area (Å²) in [6, 6.07) is 1.99. The predicted molar refractivity (Wildman–Crippen MR) is 85.5 cm³/mol. The molecule has 0 bridgehead atoms. The van der Waals surface area contributed by atoms with E-state index in [2.05, 4.69) is 19.2 Å². The average Bonchev–Trinajstić information content (AvgIpc) is 2.71. The van der Waals surface area contributed by atoms with Crippen molar-refractivity contribution in [3.8, 4) is 0 Å². The van der Waals surface area contributed by atoms with Crippen LogP contribution >= 0.6 is 11.3 Å². The van der Waals surface area contributed by atoms with E-state index in [0.29, 0.717) is 0 Å². The number of carbonyl (C=O) groups is 1. The molecule has 114 valence electrons. The number of amides is 1. The molecular formula is C16H27NO2S. The first-order valence-electron chi connectivity index (χ1n) is 7.28. The molecule has 0 aliphatic heterocycles. The van der Waals surface area contributed by atoms with Crippen LogP contribution in [-0.2, 0) is 12.8 Å². The summed E-state index contributed by atoms with van der Waals surface area (Å²) in [4.78, 5) is 14.4. The third-order valence-electron chi connectivity index (χ3n) is 3.93. The van der Waals surface area contributed by atoms with Crippen LogP contribution in [0.2, 0.25) is 0 Å². The third-order valence-corrected chi connectivity index (χ3v) is 5.17. The first kappa shape index (κ1) is 17.2. The van der Waals surface area contributed by atoms with Crippen molar-refractivity contribution in [2.75, 3.05) is 0 Å².